The monoisotopic (exact) mass is 474 g/mol. The highest BCUT2D eigenvalue weighted by molar-refractivity contribution is 6.00. The van der Waals surface area contributed by atoms with E-state index in [0.717, 1.165) is 30.8 Å². The number of piperidine rings is 1. The minimum Gasteiger partial charge on any atom is -0.507 e. The minimum atomic E-state index is -4.56. The number of hydrogen-bond acceptors (Lipinski definition) is 7. The Labute approximate surface area is 194 Å². The van der Waals surface area contributed by atoms with E-state index in [1.54, 1.807) is 19.1 Å². The lowest BCUT2D eigenvalue weighted by Gasteiger charge is -2.32. The molecular formula is C24H25F3N4O3. The van der Waals surface area contributed by atoms with Crippen LogP contribution in [0.3, 0.4) is 0 Å². The highest BCUT2D eigenvalue weighted by Gasteiger charge is 2.31. The largest absolute Gasteiger partial charge is 0.507 e. The molecule has 4 rings (SSSR count). The number of nitrogens with one attached hydrogen (secondary N) is 1. The van der Waals surface area contributed by atoms with E-state index in [0.29, 0.717) is 36.1 Å². The SMILES string of the molecule is CCOC(=O)CN1CCC[C@@H](Nc2nnc(-c3ccc(C(F)(F)F)cc3O)c3ccccc23)C1. The van der Waals surface area contributed by atoms with Crippen LogP contribution < -0.4 is 5.32 Å². The summed E-state index contributed by atoms with van der Waals surface area (Å²) < 4.78 is 44.0. The second-order valence-electron chi connectivity index (χ2n) is 8.20. The van der Waals surface area contributed by atoms with Gasteiger partial charge in [-0.05, 0) is 44.5 Å². The van der Waals surface area contributed by atoms with Crippen LogP contribution in [0.4, 0.5) is 19.0 Å². The number of hydrogen-bond donors (Lipinski definition) is 2. The van der Waals surface area contributed by atoms with Crippen molar-refractivity contribution in [3.8, 4) is 17.0 Å². The lowest BCUT2D eigenvalue weighted by molar-refractivity contribution is -0.144. The summed E-state index contributed by atoms with van der Waals surface area (Å²) >= 11 is 0. The van der Waals surface area contributed by atoms with E-state index >= 15 is 0 Å². The maximum Gasteiger partial charge on any atom is 0.416 e. The molecule has 0 amide bonds. The topological polar surface area (TPSA) is 87.6 Å². The molecule has 10 heteroatoms. The molecule has 0 aliphatic carbocycles. The van der Waals surface area contributed by atoms with Gasteiger partial charge in [0, 0.05) is 28.9 Å². The predicted molar refractivity (Wildman–Crippen MR) is 121 cm³/mol. The van der Waals surface area contributed by atoms with Gasteiger partial charge in [0.1, 0.15) is 11.4 Å². The third-order valence-electron chi connectivity index (χ3n) is 5.77. The summed E-state index contributed by atoms with van der Waals surface area (Å²) in [5.74, 6) is -0.236. The van der Waals surface area contributed by atoms with E-state index in [4.69, 9.17) is 4.74 Å². The minimum absolute atomic E-state index is 0.0335. The number of carbonyl (C=O) groups is 1. The molecule has 1 fully saturated rings. The molecule has 1 aliphatic rings. The van der Waals surface area contributed by atoms with Crippen LogP contribution >= 0.6 is 0 Å². The number of rotatable bonds is 6. The molecule has 0 unspecified atom stereocenters. The number of aromatic nitrogens is 2. The summed E-state index contributed by atoms with van der Waals surface area (Å²) in [6.07, 6.45) is -2.77. The maximum absolute atomic E-state index is 13.0. The number of alkyl halides is 3. The standard InChI is InChI=1S/C24H25F3N4O3/c1-2-34-21(33)14-31-11-5-6-16(13-31)28-23-18-8-4-3-7-17(18)22(29-30-23)19-10-9-15(12-20(19)32)24(25,26)27/h3-4,7-10,12,16,32H,2,5-6,11,13-14H2,1H3,(H,28,30)/t16-/m1/s1. The van der Waals surface area contributed by atoms with Crippen molar-refractivity contribution in [2.75, 3.05) is 31.6 Å². The molecule has 7 nitrogen and oxygen atoms in total. The summed E-state index contributed by atoms with van der Waals surface area (Å²) in [4.78, 5) is 13.9. The number of nitrogens with zero attached hydrogens (tertiary/aromatic N) is 3. The van der Waals surface area contributed by atoms with Gasteiger partial charge in [-0.1, -0.05) is 24.3 Å². The number of phenolic OH excluding ortho intramolecular Hbond substituents is 1. The first-order chi connectivity index (χ1) is 16.3. The van der Waals surface area contributed by atoms with Gasteiger partial charge in [0.05, 0.1) is 18.7 Å². The Morgan fingerprint density at radius 2 is 1.97 bits per heavy atom. The molecule has 0 bridgehead atoms. The van der Waals surface area contributed by atoms with Crippen LogP contribution in [0.15, 0.2) is 42.5 Å². The van der Waals surface area contributed by atoms with Gasteiger partial charge in [-0.3, -0.25) is 9.69 Å². The normalized spacial score (nSPS) is 17.0. The Morgan fingerprint density at radius 1 is 1.21 bits per heavy atom. The summed E-state index contributed by atoms with van der Waals surface area (Å²) in [5, 5.41) is 23.6. The first-order valence-electron chi connectivity index (χ1n) is 11.1. The zero-order valence-corrected chi connectivity index (χ0v) is 18.6. The number of phenols is 1. The molecule has 0 spiro atoms. The van der Waals surface area contributed by atoms with E-state index in [-0.39, 0.29) is 24.1 Å². The maximum atomic E-state index is 13.0. The van der Waals surface area contributed by atoms with Crippen molar-refractivity contribution in [2.24, 2.45) is 0 Å². The van der Waals surface area contributed by atoms with Crippen molar-refractivity contribution in [1.29, 1.82) is 0 Å². The van der Waals surface area contributed by atoms with Crippen LogP contribution in [0.2, 0.25) is 0 Å². The van der Waals surface area contributed by atoms with Gasteiger partial charge in [-0.2, -0.15) is 13.2 Å². The van der Waals surface area contributed by atoms with E-state index < -0.39 is 17.5 Å². The highest BCUT2D eigenvalue weighted by atomic mass is 19.4. The van der Waals surface area contributed by atoms with Gasteiger partial charge in [0.25, 0.3) is 0 Å². The van der Waals surface area contributed by atoms with Gasteiger partial charge in [-0.25, -0.2) is 0 Å². The van der Waals surface area contributed by atoms with Crippen LogP contribution in [0.1, 0.15) is 25.3 Å². The molecule has 34 heavy (non-hydrogen) atoms. The molecule has 2 aromatic carbocycles. The molecule has 180 valence electrons. The molecule has 3 aromatic rings. The van der Waals surface area contributed by atoms with Crippen molar-refractivity contribution < 1.29 is 27.8 Å². The number of halogens is 3. The van der Waals surface area contributed by atoms with E-state index in [2.05, 4.69) is 15.5 Å². The number of fused-ring (bicyclic) bond motifs is 1. The lowest BCUT2D eigenvalue weighted by atomic mass is 10.0. The highest BCUT2D eigenvalue weighted by Crippen LogP contribution is 2.38. The molecule has 2 N–H and O–H groups in total. The Kier molecular flexibility index (Phi) is 6.87. The zero-order valence-electron chi connectivity index (χ0n) is 18.6. The molecule has 1 aromatic heterocycles. The zero-order chi connectivity index (χ0) is 24.3. The average molecular weight is 474 g/mol. The lowest BCUT2D eigenvalue weighted by Crippen LogP contribution is -2.44. The summed E-state index contributed by atoms with van der Waals surface area (Å²) in [5.41, 5.74) is -0.476. The number of esters is 1. The molecular weight excluding hydrogens is 449 g/mol. The fourth-order valence-corrected chi connectivity index (χ4v) is 4.22. The van der Waals surface area contributed by atoms with E-state index in [1.165, 1.54) is 6.07 Å². The van der Waals surface area contributed by atoms with Crippen molar-refractivity contribution in [2.45, 2.75) is 32.0 Å². The first-order valence-corrected chi connectivity index (χ1v) is 11.1. The second-order valence-corrected chi connectivity index (χ2v) is 8.20. The van der Waals surface area contributed by atoms with E-state index in [9.17, 15) is 23.1 Å². The predicted octanol–water partition coefficient (Wildman–Crippen LogP) is 4.46. The number of benzene rings is 2. The number of aromatic hydroxyl groups is 1. The Bertz CT molecular complexity index is 1190. The molecule has 1 atom stereocenters. The van der Waals surface area contributed by atoms with Crippen LogP contribution in [0.25, 0.3) is 22.0 Å². The molecule has 1 saturated heterocycles. The van der Waals surface area contributed by atoms with Crippen molar-refractivity contribution in [3.05, 3.63) is 48.0 Å². The number of carbonyl (C=O) groups excluding carboxylic acids is 1. The van der Waals surface area contributed by atoms with Crippen LogP contribution in [0, 0.1) is 0 Å². The number of ether oxygens (including phenoxy) is 1. The van der Waals surface area contributed by atoms with Crippen LogP contribution in [-0.2, 0) is 15.7 Å². The Hall–Kier alpha value is -3.40. The number of anilines is 1. The molecule has 2 heterocycles. The molecule has 0 radical (unpaired) electrons. The second kappa shape index (κ2) is 9.84. The van der Waals surface area contributed by atoms with Gasteiger partial charge in [0.2, 0.25) is 0 Å². The summed E-state index contributed by atoms with van der Waals surface area (Å²) in [7, 11) is 0. The van der Waals surface area contributed by atoms with Crippen LogP contribution in [0.5, 0.6) is 5.75 Å². The summed E-state index contributed by atoms with van der Waals surface area (Å²) in [6.45, 7) is 3.78. The fraction of sp³-hybridized carbons (Fsp3) is 0.375. The first kappa shape index (κ1) is 23.7. The molecule has 1 aliphatic heterocycles. The van der Waals surface area contributed by atoms with Gasteiger partial charge < -0.3 is 15.2 Å². The van der Waals surface area contributed by atoms with Crippen molar-refractivity contribution >= 4 is 22.6 Å². The number of likely N-dealkylation sites (tertiary alicyclic amines) is 1. The Morgan fingerprint density at radius 3 is 2.68 bits per heavy atom. The van der Waals surface area contributed by atoms with E-state index in [1.807, 2.05) is 17.0 Å². The Balaban J connectivity index is 1.60. The van der Waals surface area contributed by atoms with Crippen molar-refractivity contribution in [1.82, 2.24) is 15.1 Å². The quantitative estimate of drug-likeness (QED) is 0.510. The van der Waals surface area contributed by atoms with Crippen LogP contribution in [-0.4, -0.2) is 58.5 Å². The third kappa shape index (κ3) is 5.22. The fourth-order valence-electron chi connectivity index (χ4n) is 4.22. The van der Waals surface area contributed by atoms with Crippen molar-refractivity contribution in [3.63, 3.8) is 0 Å². The van der Waals surface area contributed by atoms with Gasteiger partial charge in [-0.15, -0.1) is 10.2 Å². The molecule has 0 saturated carbocycles. The third-order valence-corrected chi connectivity index (χ3v) is 5.77. The smallest absolute Gasteiger partial charge is 0.416 e. The average Bonchev–Trinajstić information content (AvgIpc) is 2.79. The van der Waals surface area contributed by atoms with Gasteiger partial charge in [0.15, 0.2) is 5.82 Å². The summed E-state index contributed by atoms with van der Waals surface area (Å²) in [6, 6.07) is 10.1. The van der Waals surface area contributed by atoms with Gasteiger partial charge >= 0.3 is 12.1 Å².